The van der Waals surface area contributed by atoms with Gasteiger partial charge in [0, 0.05) is 31.3 Å². The van der Waals surface area contributed by atoms with Crippen molar-refractivity contribution in [3.63, 3.8) is 0 Å². The van der Waals surface area contributed by atoms with Crippen LogP contribution in [0.4, 0.5) is 4.39 Å². The van der Waals surface area contributed by atoms with E-state index < -0.39 is 6.10 Å². The van der Waals surface area contributed by atoms with Gasteiger partial charge < -0.3 is 9.84 Å². The van der Waals surface area contributed by atoms with E-state index in [0.717, 1.165) is 13.1 Å². The van der Waals surface area contributed by atoms with Gasteiger partial charge in [0.25, 0.3) is 5.56 Å². The zero-order valence-electron chi connectivity index (χ0n) is 13.3. The molecule has 1 unspecified atom stereocenters. The number of hydrogen-bond acceptors (Lipinski definition) is 5. The normalized spacial score (nSPS) is 16.9. The van der Waals surface area contributed by atoms with Crippen molar-refractivity contribution in [2.24, 2.45) is 0 Å². The first-order valence-corrected chi connectivity index (χ1v) is 7.94. The Balaban J connectivity index is 1.71. The number of halogens is 1. The van der Waals surface area contributed by atoms with Crippen LogP contribution in [0.3, 0.4) is 0 Å². The van der Waals surface area contributed by atoms with Crippen molar-refractivity contribution >= 4 is 0 Å². The fourth-order valence-electron chi connectivity index (χ4n) is 2.69. The monoisotopic (exact) mass is 333 g/mol. The maximum atomic E-state index is 13.0. The molecule has 0 spiro atoms. The summed E-state index contributed by atoms with van der Waals surface area (Å²) in [5.74, 6) is -0.326. The Morgan fingerprint density at radius 2 is 1.83 bits per heavy atom. The third-order valence-electron chi connectivity index (χ3n) is 3.96. The Labute approximate surface area is 139 Å². The molecular formula is C17H20FN3O3. The number of β-amino-alcohol motifs (C(OH)–C–C–N with tert-alkyl or cyclic N) is 1. The number of aliphatic hydroxyl groups excluding tert-OH is 1. The SMILES string of the molecule is O=c1ccc(-c2ccc(F)cc2)nn1CC(O)CN1CCOCC1. The van der Waals surface area contributed by atoms with Crippen molar-refractivity contribution in [2.75, 3.05) is 32.8 Å². The van der Waals surface area contributed by atoms with E-state index in [0.29, 0.717) is 31.0 Å². The molecule has 0 saturated carbocycles. The van der Waals surface area contributed by atoms with Crippen LogP contribution in [-0.4, -0.2) is 58.7 Å². The predicted molar refractivity (Wildman–Crippen MR) is 87.2 cm³/mol. The lowest BCUT2D eigenvalue weighted by Gasteiger charge is -2.28. The van der Waals surface area contributed by atoms with Crippen molar-refractivity contribution in [1.82, 2.24) is 14.7 Å². The Morgan fingerprint density at radius 3 is 2.54 bits per heavy atom. The van der Waals surface area contributed by atoms with Crippen molar-refractivity contribution < 1.29 is 14.2 Å². The highest BCUT2D eigenvalue weighted by Gasteiger charge is 2.16. The molecule has 0 aliphatic carbocycles. The summed E-state index contributed by atoms with van der Waals surface area (Å²) in [6.45, 7) is 3.45. The molecule has 1 N–H and O–H groups in total. The first kappa shape index (κ1) is 16.8. The molecular weight excluding hydrogens is 313 g/mol. The average Bonchev–Trinajstić information content (AvgIpc) is 2.58. The predicted octanol–water partition coefficient (Wildman–Crippen LogP) is 0.742. The summed E-state index contributed by atoms with van der Waals surface area (Å²) >= 11 is 0. The van der Waals surface area contributed by atoms with Gasteiger partial charge in [-0.25, -0.2) is 9.07 Å². The van der Waals surface area contributed by atoms with E-state index in [-0.39, 0.29) is 17.9 Å². The number of aliphatic hydroxyl groups is 1. The molecule has 1 aromatic carbocycles. The number of morpholine rings is 1. The Kier molecular flexibility index (Phi) is 5.34. The Hall–Kier alpha value is -2.09. The van der Waals surface area contributed by atoms with Gasteiger partial charge in [-0.15, -0.1) is 0 Å². The van der Waals surface area contributed by atoms with Crippen molar-refractivity contribution in [1.29, 1.82) is 0 Å². The first-order chi connectivity index (χ1) is 11.6. The van der Waals surface area contributed by atoms with Gasteiger partial charge in [-0.1, -0.05) is 0 Å². The van der Waals surface area contributed by atoms with Gasteiger partial charge in [0.2, 0.25) is 0 Å². The molecule has 6 nitrogen and oxygen atoms in total. The van der Waals surface area contributed by atoms with E-state index in [1.807, 2.05) is 0 Å². The molecule has 1 aliphatic rings. The molecule has 0 bridgehead atoms. The van der Waals surface area contributed by atoms with Crippen LogP contribution in [0, 0.1) is 5.82 Å². The molecule has 3 rings (SSSR count). The standard InChI is InChI=1S/C17H20FN3O3/c18-14-3-1-13(2-4-14)16-5-6-17(23)21(19-16)12-15(22)11-20-7-9-24-10-8-20/h1-6,15,22H,7-12H2. The second kappa shape index (κ2) is 7.65. The molecule has 1 saturated heterocycles. The highest BCUT2D eigenvalue weighted by molar-refractivity contribution is 5.57. The van der Waals surface area contributed by atoms with E-state index in [1.54, 1.807) is 18.2 Å². The van der Waals surface area contributed by atoms with Crippen LogP contribution >= 0.6 is 0 Å². The average molecular weight is 333 g/mol. The molecule has 0 radical (unpaired) electrons. The van der Waals surface area contributed by atoms with E-state index in [2.05, 4.69) is 10.00 Å². The van der Waals surface area contributed by atoms with Crippen LogP contribution in [0.25, 0.3) is 11.3 Å². The molecule has 128 valence electrons. The van der Waals surface area contributed by atoms with Gasteiger partial charge in [-0.05, 0) is 30.3 Å². The van der Waals surface area contributed by atoms with Crippen LogP contribution < -0.4 is 5.56 Å². The zero-order chi connectivity index (χ0) is 16.9. The molecule has 2 aromatic rings. The van der Waals surface area contributed by atoms with Crippen LogP contribution in [0.15, 0.2) is 41.2 Å². The number of nitrogens with zero attached hydrogens (tertiary/aromatic N) is 3. The topological polar surface area (TPSA) is 67.6 Å². The Morgan fingerprint density at radius 1 is 1.12 bits per heavy atom. The third kappa shape index (κ3) is 4.25. The highest BCUT2D eigenvalue weighted by Crippen LogP contribution is 2.15. The van der Waals surface area contributed by atoms with Crippen LogP contribution in [0.5, 0.6) is 0 Å². The summed E-state index contributed by atoms with van der Waals surface area (Å²) in [6, 6.07) is 8.92. The minimum absolute atomic E-state index is 0.116. The number of ether oxygens (including phenoxy) is 1. The van der Waals surface area contributed by atoms with Gasteiger partial charge in [-0.3, -0.25) is 9.69 Å². The number of aromatic nitrogens is 2. The molecule has 2 heterocycles. The fourth-order valence-corrected chi connectivity index (χ4v) is 2.69. The van der Waals surface area contributed by atoms with E-state index >= 15 is 0 Å². The molecule has 7 heteroatoms. The molecule has 1 aliphatic heterocycles. The second-order valence-corrected chi connectivity index (χ2v) is 5.81. The van der Waals surface area contributed by atoms with Crippen molar-refractivity contribution in [3.8, 4) is 11.3 Å². The lowest BCUT2D eigenvalue weighted by molar-refractivity contribution is 0.0106. The summed E-state index contributed by atoms with van der Waals surface area (Å²) < 4.78 is 19.5. The molecule has 1 atom stereocenters. The van der Waals surface area contributed by atoms with Gasteiger partial charge in [0.05, 0.1) is 31.6 Å². The van der Waals surface area contributed by atoms with Crippen LogP contribution in [0.1, 0.15) is 0 Å². The summed E-state index contributed by atoms with van der Waals surface area (Å²) in [5.41, 5.74) is 1.00. The van der Waals surface area contributed by atoms with Gasteiger partial charge in [0.1, 0.15) is 5.82 Å². The van der Waals surface area contributed by atoms with Gasteiger partial charge >= 0.3 is 0 Å². The largest absolute Gasteiger partial charge is 0.390 e. The number of benzene rings is 1. The fraction of sp³-hybridized carbons (Fsp3) is 0.412. The van der Waals surface area contributed by atoms with Gasteiger partial charge in [-0.2, -0.15) is 5.10 Å². The summed E-state index contributed by atoms with van der Waals surface area (Å²) in [6.07, 6.45) is -0.697. The lowest BCUT2D eigenvalue weighted by atomic mass is 10.1. The summed E-state index contributed by atoms with van der Waals surface area (Å²) in [4.78, 5) is 14.1. The van der Waals surface area contributed by atoms with Gasteiger partial charge in [0.15, 0.2) is 0 Å². The van der Waals surface area contributed by atoms with Crippen molar-refractivity contribution in [2.45, 2.75) is 12.6 Å². The minimum Gasteiger partial charge on any atom is -0.390 e. The Bertz CT molecular complexity index is 727. The second-order valence-electron chi connectivity index (χ2n) is 5.81. The maximum Gasteiger partial charge on any atom is 0.266 e. The summed E-state index contributed by atoms with van der Waals surface area (Å²) in [5, 5.41) is 14.5. The smallest absolute Gasteiger partial charge is 0.266 e. The maximum absolute atomic E-state index is 13.0. The lowest BCUT2D eigenvalue weighted by Crippen LogP contribution is -2.43. The molecule has 0 amide bonds. The third-order valence-corrected chi connectivity index (χ3v) is 3.96. The summed E-state index contributed by atoms with van der Waals surface area (Å²) in [7, 11) is 0. The molecule has 1 aromatic heterocycles. The van der Waals surface area contributed by atoms with Crippen molar-refractivity contribution in [3.05, 3.63) is 52.6 Å². The number of rotatable bonds is 5. The minimum atomic E-state index is -0.697. The van der Waals surface area contributed by atoms with E-state index in [4.69, 9.17) is 4.74 Å². The molecule has 1 fully saturated rings. The highest BCUT2D eigenvalue weighted by atomic mass is 19.1. The van der Waals surface area contributed by atoms with Crippen LogP contribution in [0.2, 0.25) is 0 Å². The van der Waals surface area contributed by atoms with Crippen LogP contribution in [-0.2, 0) is 11.3 Å². The first-order valence-electron chi connectivity index (χ1n) is 7.94. The quantitative estimate of drug-likeness (QED) is 0.874. The zero-order valence-corrected chi connectivity index (χ0v) is 13.3. The van der Waals surface area contributed by atoms with E-state index in [1.165, 1.54) is 22.9 Å². The molecule has 24 heavy (non-hydrogen) atoms. The number of hydrogen-bond donors (Lipinski definition) is 1. The van der Waals surface area contributed by atoms with E-state index in [9.17, 15) is 14.3 Å².